The Kier molecular flexibility index (Phi) is 9.45. The zero-order valence-corrected chi connectivity index (χ0v) is 17.9. The smallest absolute Gasteiger partial charge is 0.334 e. The van der Waals surface area contributed by atoms with Crippen molar-refractivity contribution in [1.29, 1.82) is 0 Å². The van der Waals surface area contributed by atoms with Gasteiger partial charge in [0, 0.05) is 12.1 Å². The number of likely N-dealkylation sites (N-methyl/N-ethyl adjacent to an activating group) is 1. The number of aryl methyl sites for hydroxylation is 1. The summed E-state index contributed by atoms with van der Waals surface area (Å²) in [5.74, 6) is 0.379. The Labute approximate surface area is 175 Å². The quantitative estimate of drug-likeness (QED) is 0.284. The summed E-state index contributed by atoms with van der Waals surface area (Å²) in [6, 6.07) is 16.8. The molecule has 0 heterocycles. The molecule has 29 heavy (non-hydrogen) atoms. The molecule has 2 aromatic carbocycles. The molecule has 156 valence electrons. The number of nitrogens with zero attached hydrogens (tertiary/aromatic N) is 1. The minimum Gasteiger partial charge on any atom is -0.490 e. The number of rotatable bonds is 12. The Morgan fingerprint density at radius 3 is 2.14 bits per heavy atom. The van der Waals surface area contributed by atoms with Gasteiger partial charge in [0.15, 0.2) is 0 Å². The van der Waals surface area contributed by atoms with Crippen molar-refractivity contribution in [3.63, 3.8) is 0 Å². The lowest BCUT2D eigenvalue weighted by atomic mass is 10.0. The van der Waals surface area contributed by atoms with Crippen LogP contribution >= 0.6 is 0 Å². The molecule has 0 amide bonds. The fraction of sp³-hybridized carbons (Fsp3) is 0.400. The first kappa shape index (κ1) is 22.7. The summed E-state index contributed by atoms with van der Waals surface area (Å²) >= 11 is 0. The van der Waals surface area contributed by atoms with Gasteiger partial charge in [0.1, 0.15) is 19.0 Å². The summed E-state index contributed by atoms with van der Waals surface area (Å²) in [7, 11) is 3.76. The van der Waals surface area contributed by atoms with Crippen molar-refractivity contribution in [3.05, 3.63) is 66.2 Å². The van der Waals surface area contributed by atoms with Gasteiger partial charge in [0.2, 0.25) is 0 Å². The van der Waals surface area contributed by atoms with Gasteiger partial charge in [-0.15, -0.1) is 0 Å². The standard InChI is InChI=1S/C25H33NO3/c1-5-6-7-8-21-9-11-22(12-10-21)23-13-15-24(16-14-23)28-17-18-29-25(27)20(2)19-26(3)4/h9-16H,2,5-8,17-19H2,1,3-4H3. The molecule has 0 aliphatic carbocycles. The first-order valence-electron chi connectivity index (χ1n) is 10.3. The second-order valence-electron chi connectivity index (χ2n) is 7.50. The van der Waals surface area contributed by atoms with E-state index in [4.69, 9.17) is 9.47 Å². The summed E-state index contributed by atoms with van der Waals surface area (Å²) in [5.41, 5.74) is 4.19. The highest BCUT2D eigenvalue weighted by Gasteiger charge is 2.09. The second-order valence-corrected chi connectivity index (χ2v) is 7.50. The largest absolute Gasteiger partial charge is 0.490 e. The van der Waals surface area contributed by atoms with Gasteiger partial charge < -0.3 is 14.4 Å². The van der Waals surface area contributed by atoms with E-state index >= 15 is 0 Å². The van der Waals surface area contributed by atoms with Crippen molar-refractivity contribution in [2.75, 3.05) is 33.9 Å². The van der Waals surface area contributed by atoms with Crippen molar-refractivity contribution in [1.82, 2.24) is 4.90 Å². The van der Waals surface area contributed by atoms with Crippen molar-refractivity contribution in [2.45, 2.75) is 32.6 Å². The third-order valence-corrected chi connectivity index (χ3v) is 4.59. The predicted molar refractivity (Wildman–Crippen MR) is 119 cm³/mol. The molecule has 2 rings (SSSR count). The maximum absolute atomic E-state index is 11.8. The summed E-state index contributed by atoms with van der Waals surface area (Å²) in [6.07, 6.45) is 4.93. The topological polar surface area (TPSA) is 38.8 Å². The van der Waals surface area contributed by atoms with Crippen LogP contribution in [0.15, 0.2) is 60.7 Å². The highest BCUT2D eigenvalue weighted by atomic mass is 16.6. The normalized spacial score (nSPS) is 10.8. The van der Waals surface area contributed by atoms with Crippen LogP contribution in [0.4, 0.5) is 0 Å². The van der Waals surface area contributed by atoms with Crippen LogP contribution < -0.4 is 4.74 Å². The van der Waals surface area contributed by atoms with Gasteiger partial charge in [-0.2, -0.15) is 0 Å². The molecule has 2 aromatic rings. The third kappa shape index (κ3) is 8.12. The number of carbonyl (C=O) groups excluding carboxylic acids is 1. The van der Waals surface area contributed by atoms with Gasteiger partial charge in [-0.05, 0) is 55.8 Å². The maximum Gasteiger partial charge on any atom is 0.334 e. The van der Waals surface area contributed by atoms with Crippen LogP contribution in [-0.4, -0.2) is 44.7 Å². The van der Waals surface area contributed by atoms with Crippen molar-refractivity contribution in [3.8, 4) is 16.9 Å². The van der Waals surface area contributed by atoms with E-state index in [0.717, 1.165) is 17.7 Å². The van der Waals surface area contributed by atoms with E-state index in [0.29, 0.717) is 18.7 Å². The number of hydrogen-bond donors (Lipinski definition) is 0. The van der Waals surface area contributed by atoms with Gasteiger partial charge in [0.25, 0.3) is 0 Å². The summed E-state index contributed by atoms with van der Waals surface area (Å²) in [6.45, 7) is 6.97. The molecule has 0 unspecified atom stereocenters. The highest BCUT2D eigenvalue weighted by molar-refractivity contribution is 5.88. The molecule has 4 nitrogen and oxygen atoms in total. The number of hydrogen-bond acceptors (Lipinski definition) is 4. The molecule has 0 bridgehead atoms. The van der Waals surface area contributed by atoms with Crippen molar-refractivity contribution < 1.29 is 14.3 Å². The lowest BCUT2D eigenvalue weighted by molar-refractivity contribution is -0.139. The van der Waals surface area contributed by atoms with Crippen molar-refractivity contribution in [2.24, 2.45) is 0 Å². The number of ether oxygens (including phenoxy) is 2. The highest BCUT2D eigenvalue weighted by Crippen LogP contribution is 2.23. The maximum atomic E-state index is 11.8. The van der Waals surface area contributed by atoms with Gasteiger partial charge in [-0.3, -0.25) is 0 Å². The summed E-state index contributed by atoms with van der Waals surface area (Å²) in [5, 5.41) is 0. The molecule has 0 aliphatic rings. The fourth-order valence-electron chi connectivity index (χ4n) is 3.03. The molecular formula is C25H33NO3. The van der Waals surface area contributed by atoms with Gasteiger partial charge in [-0.1, -0.05) is 62.7 Å². The summed E-state index contributed by atoms with van der Waals surface area (Å²) in [4.78, 5) is 13.7. The average molecular weight is 396 g/mol. The van der Waals surface area contributed by atoms with E-state index < -0.39 is 0 Å². The van der Waals surface area contributed by atoms with Crippen LogP contribution in [-0.2, 0) is 16.0 Å². The van der Waals surface area contributed by atoms with Crippen LogP contribution in [0.5, 0.6) is 5.75 Å². The molecule has 0 spiro atoms. The van der Waals surface area contributed by atoms with Crippen LogP contribution in [0, 0.1) is 0 Å². The number of carbonyl (C=O) groups is 1. The zero-order valence-electron chi connectivity index (χ0n) is 17.9. The molecule has 0 fully saturated rings. The lowest BCUT2D eigenvalue weighted by Gasteiger charge is -2.12. The second kappa shape index (κ2) is 12.1. The minimum absolute atomic E-state index is 0.201. The molecule has 0 aromatic heterocycles. The molecule has 0 N–H and O–H groups in total. The lowest BCUT2D eigenvalue weighted by Crippen LogP contribution is -2.22. The molecule has 0 saturated heterocycles. The van der Waals surface area contributed by atoms with Crippen LogP contribution in [0.25, 0.3) is 11.1 Å². The van der Waals surface area contributed by atoms with E-state index in [-0.39, 0.29) is 12.6 Å². The predicted octanol–water partition coefficient (Wildman–Crippen LogP) is 5.13. The van der Waals surface area contributed by atoms with E-state index in [9.17, 15) is 4.79 Å². The fourth-order valence-corrected chi connectivity index (χ4v) is 3.03. The van der Waals surface area contributed by atoms with E-state index in [1.807, 2.05) is 43.3 Å². The Bertz CT molecular complexity index is 764. The average Bonchev–Trinajstić information content (AvgIpc) is 2.72. The third-order valence-electron chi connectivity index (χ3n) is 4.59. The Morgan fingerprint density at radius 2 is 1.55 bits per heavy atom. The molecule has 0 atom stereocenters. The zero-order chi connectivity index (χ0) is 21.1. The number of unbranched alkanes of at least 4 members (excludes halogenated alkanes) is 2. The molecule has 4 heteroatoms. The Hall–Kier alpha value is -2.59. The monoisotopic (exact) mass is 395 g/mol. The SMILES string of the molecule is C=C(CN(C)C)C(=O)OCCOc1ccc(-c2ccc(CCCCC)cc2)cc1. The molecule has 0 saturated carbocycles. The van der Waals surface area contributed by atoms with Crippen molar-refractivity contribution >= 4 is 5.97 Å². The first-order valence-corrected chi connectivity index (χ1v) is 10.3. The Morgan fingerprint density at radius 1 is 0.931 bits per heavy atom. The van der Waals surface area contributed by atoms with E-state index in [1.165, 1.54) is 30.4 Å². The molecular weight excluding hydrogens is 362 g/mol. The van der Waals surface area contributed by atoms with Crippen LogP contribution in [0.2, 0.25) is 0 Å². The van der Waals surface area contributed by atoms with Gasteiger partial charge in [0.05, 0.1) is 0 Å². The molecule has 0 radical (unpaired) electrons. The first-order chi connectivity index (χ1) is 14.0. The number of benzene rings is 2. The van der Waals surface area contributed by atoms with Crippen LogP contribution in [0.3, 0.4) is 0 Å². The molecule has 0 aliphatic heterocycles. The Balaban J connectivity index is 1.77. The van der Waals surface area contributed by atoms with Gasteiger partial charge in [-0.25, -0.2) is 4.79 Å². The number of esters is 1. The van der Waals surface area contributed by atoms with E-state index in [1.54, 1.807) is 0 Å². The van der Waals surface area contributed by atoms with Gasteiger partial charge >= 0.3 is 5.97 Å². The van der Waals surface area contributed by atoms with E-state index in [2.05, 4.69) is 37.8 Å². The minimum atomic E-state index is -0.379. The van der Waals surface area contributed by atoms with Crippen LogP contribution in [0.1, 0.15) is 31.7 Å². The summed E-state index contributed by atoms with van der Waals surface area (Å²) < 4.78 is 10.8.